The molecule has 0 atom stereocenters. The molecular formula is C11H16N6. The first-order chi connectivity index (χ1) is 8.33. The molecule has 1 N–H and O–H groups in total. The smallest absolute Gasteiger partial charge is 0.152 e. The van der Waals surface area contributed by atoms with Gasteiger partial charge in [0.05, 0.1) is 18.4 Å². The number of aryl methyl sites for hydroxylation is 2. The summed E-state index contributed by atoms with van der Waals surface area (Å²) >= 11 is 0. The molecule has 6 heteroatoms. The van der Waals surface area contributed by atoms with Crippen molar-refractivity contribution in [2.75, 3.05) is 5.32 Å². The monoisotopic (exact) mass is 232 g/mol. The van der Waals surface area contributed by atoms with E-state index in [4.69, 9.17) is 0 Å². The van der Waals surface area contributed by atoms with E-state index in [-0.39, 0.29) is 0 Å². The minimum atomic E-state index is 0.707. The molecule has 0 aromatic carbocycles. The number of hydrogen-bond acceptors (Lipinski definition) is 4. The quantitative estimate of drug-likeness (QED) is 0.856. The number of nitrogens with one attached hydrogen (secondary N) is 1. The van der Waals surface area contributed by atoms with E-state index in [0.29, 0.717) is 6.54 Å². The second-order valence-electron chi connectivity index (χ2n) is 4.40. The van der Waals surface area contributed by atoms with Crippen molar-refractivity contribution in [1.82, 2.24) is 24.5 Å². The third-order valence-electron chi connectivity index (χ3n) is 3.09. The molecule has 90 valence electrons. The molecule has 3 heterocycles. The first-order valence-electron chi connectivity index (χ1n) is 5.96. The van der Waals surface area contributed by atoms with Crippen LogP contribution in [0.2, 0.25) is 0 Å². The van der Waals surface area contributed by atoms with E-state index in [2.05, 4.69) is 25.2 Å². The Hall–Kier alpha value is -1.85. The maximum Gasteiger partial charge on any atom is 0.152 e. The molecule has 0 amide bonds. The summed E-state index contributed by atoms with van der Waals surface area (Å²) in [7, 11) is 1.91. The van der Waals surface area contributed by atoms with Crippen LogP contribution in [-0.2, 0) is 26.6 Å². The van der Waals surface area contributed by atoms with Crippen molar-refractivity contribution in [2.24, 2.45) is 7.05 Å². The summed E-state index contributed by atoms with van der Waals surface area (Å²) < 4.78 is 4.01. The van der Waals surface area contributed by atoms with Gasteiger partial charge in [0, 0.05) is 26.2 Å². The summed E-state index contributed by atoms with van der Waals surface area (Å²) in [4.78, 5) is 0. The average molecular weight is 232 g/mol. The first-order valence-corrected chi connectivity index (χ1v) is 5.96. The Morgan fingerprint density at radius 1 is 1.35 bits per heavy atom. The molecule has 0 saturated carbocycles. The van der Waals surface area contributed by atoms with Gasteiger partial charge in [-0.2, -0.15) is 5.10 Å². The summed E-state index contributed by atoms with van der Waals surface area (Å²) in [5.74, 6) is 2.14. The summed E-state index contributed by atoms with van der Waals surface area (Å²) in [6.07, 6.45) is 7.28. The zero-order valence-electron chi connectivity index (χ0n) is 9.93. The number of anilines is 1. The Morgan fingerprint density at radius 3 is 3.12 bits per heavy atom. The van der Waals surface area contributed by atoms with E-state index in [1.54, 1.807) is 4.68 Å². The van der Waals surface area contributed by atoms with Crippen molar-refractivity contribution in [3.8, 4) is 0 Å². The third-order valence-corrected chi connectivity index (χ3v) is 3.09. The van der Waals surface area contributed by atoms with E-state index in [1.165, 1.54) is 12.8 Å². The molecule has 1 aliphatic heterocycles. The van der Waals surface area contributed by atoms with E-state index in [1.807, 2.05) is 19.4 Å². The number of nitrogens with zero attached hydrogens (tertiary/aromatic N) is 5. The molecule has 3 rings (SSSR count). The fraction of sp³-hybridized carbons (Fsp3) is 0.545. The molecule has 0 bridgehead atoms. The van der Waals surface area contributed by atoms with Crippen LogP contribution in [0.15, 0.2) is 12.4 Å². The van der Waals surface area contributed by atoms with Crippen LogP contribution >= 0.6 is 0 Å². The standard InChI is InChI=1S/C11H16N6/c1-16-8-9(6-13-16)12-7-11-15-14-10-4-2-3-5-17(10)11/h6,8,12H,2-5,7H2,1H3. The third kappa shape index (κ3) is 2.02. The zero-order chi connectivity index (χ0) is 11.7. The van der Waals surface area contributed by atoms with Gasteiger partial charge >= 0.3 is 0 Å². The predicted octanol–water partition coefficient (Wildman–Crippen LogP) is 0.960. The molecule has 0 aliphatic carbocycles. The molecular weight excluding hydrogens is 216 g/mol. The SMILES string of the molecule is Cn1cc(NCc2nnc3n2CCCC3)cn1. The highest BCUT2D eigenvalue weighted by Crippen LogP contribution is 2.15. The van der Waals surface area contributed by atoms with Crippen molar-refractivity contribution in [2.45, 2.75) is 32.4 Å². The van der Waals surface area contributed by atoms with Gasteiger partial charge in [0.1, 0.15) is 5.82 Å². The first kappa shape index (κ1) is 10.3. The van der Waals surface area contributed by atoms with Crippen LogP contribution < -0.4 is 5.32 Å². The van der Waals surface area contributed by atoms with Crippen LogP contribution in [0.25, 0.3) is 0 Å². The van der Waals surface area contributed by atoms with Gasteiger partial charge in [-0.05, 0) is 12.8 Å². The Kier molecular flexibility index (Phi) is 2.55. The van der Waals surface area contributed by atoms with Crippen molar-refractivity contribution in [3.63, 3.8) is 0 Å². The van der Waals surface area contributed by atoms with Crippen LogP contribution in [0.3, 0.4) is 0 Å². The molecule has 1 aliphatic rings. The predicted molar refractivity (Wildman–Crippen MR) is 63.5 cm³/mol. The number of hydrogen-bond donors (Lipinski definition) is 1. The summed E-state index contributed by atoms with van der Waals surface area (Å²) in [6.45, 7) is 1.76. The Morgan fingerprint density at radius 2 is 2.29 bits per heavy atom. The maximum atomic E-state index is 4.24. The van der Waals surface area contributed by atoms with E-state index in [0.717, 1.165) is 30.3 Å². The number of aromatic nitrogens is 5. The van der Waals surface area contributed by atoms with Crippen molar-refractivity contribution < 1.29 is 0 Å². The maximum absolute atomic E-state index is 4.24. The molecule has 2 aromatic rings. The van der Waals surface area contributed by atoms with Crippen molar-refractivity contribution >= 4 is 5.69 Å². The Bertz CT molecular complexity index is 512. The fourth-order valence-corrected chi connectivity index (χ4v) is 2.19. The highest BCUT2D eigenvalue weighted by atomic mass is 15.3. The summed E-state index contributed by atoms with van der Waals surface area (Å²) in [6, 6.07) is 0. The number of rotatable bonds is 3. The molecule has 2 aromatic heterocycles. The summed E-state index contributed by atoms with van der Waals surface area (Å²) in [5, 5.41) is 15.9. The van der Waals surface area contributed by atoms with Crippen LogP contribution in [0.1, 0.15) is 24.5 Å². The molecule has 0 saturated heterocycles. The van der Waals surface area contributed by atoms with Crippen LogP contribution in [0.4, 0.5) is 5.69 Å². The van der Waals surface area contributed by atoms with Crippen molar-refractivity contribution in [3.05, 3.63) is 24.0 Å². The molecule has 0 fully saturated rings. The van der Waals surface area contributed by atoms with Gasteiger partial charge in [-0.15, -0.1) is 10.2 Å². The molecule has 17 heavy (non-hydrogen) atoms. The largest absolute Gasteiger partial charge is 0.375 e. The van der Waals surface area contributed by atoms with Gasteiger partial charge in [0.15, 0.2) is 5.82 Å². The average Bonchev–Trinajstić information content (AvgIpc) is 2.93. The fourth-order valence-electron chi connectivity index (χ4n) is 2.19. The second-order valence-corrected chi connectivity index (χ2v) is 4.40. The lowest BCUT2D eigenvalue weighted by molar-refractivity contribution is 0.510. The molecule has 6 nitrogen and oxygen atoms in total. The lowest BCUT2D eigenvalue weighted by atomic mass is 10.2. The van der Waals surface area contributed by atoms with Crippen LogP contribution in [0, 0.1) is 0 Å². The second kappa shape index (κ2) is 4.20. The van der Waals surface area contributed by atoms with Gasteiger partial charge in [-0.3, -0.25) is 4.68 Å². The summed E-state index contributed by atoms with van der Waals surface area (Å²) in [5.41, 5.74) is 1.01. The molecule has 0 spiro atoms. The highest BCUT2D eigenvalue weighted by Gasteiger charge is 2.15. The zero-order valence-corrected chi connectivity index (χ0v) is 9.93. The van der Waals surface area contributed by atoms with Gasteiger partial charge in [-0.25, -0.2) is 0 Å². The molecule has 0 radical (unpaired) electrons. The van der Waals surface area contributed by atoms with Gasteiger partial charge in [0.2, 0.25) is 0 Å². The van der Waals surface area contributed by atoms with Gasteiger partial charge in [-0.1, -0.05) is 0 Å². The topological polar surface area (TPSA) is 60.6 Å². The molecule has 0 unspecified atom stereocenters. The Labute approximate surface area is 99.7 Å². The van der Waals surface area contributed by atoms with E-state index in [9.17, 15) is 0 Å². The minimum absolute atomic E-state index is 0.707. The van der Waals surface area contributed by atoms with Crippen LogP contribution in [0.5, 0.6) is 0 Å². The van der Waals surface area contributed by atoms with Gasteiger partial charge < -0.3 is 9.88 Å². The Balaban J connectivity index is 1.71. The van der Waals surface area contributed by atoms with Crippen LogP contribution in [-0.4, -0.2) is 24.5 Å². The minimum Gasteiger partial charge on any atom is -0.375 e. The normalized spacial score (nSPS) is 14.6. The number of fused-ring (bicyclic) bond motifs is 1. The van der Waals surface area contributed by atoms with E-state index < -0.39 is 0 Å². The van der Waals surface area contributed by atoms with Crippen molar-refractivity contribution in [1.29, 1.82) is 0 Å². The lowest BCUT2D eigenvalue weighted by Crippen LogP contribution is -2.15. The lowest BCUT2D eigenvalue weighted by Gasteiger charge is -2.14. The highest BCUT2D eigenvalue weighted by molar-refractivity contribution is 5.38. The van der Waals surface area contributed by atoms with E-state index >= 15 is 0 Å². The van der Waals surface area contributed by atoms with Gasteiger partial charge in [0.25, 0.3) is 0 Å².